The normalized spacial score (nSPS) is 13.7. The van der Waals surface area contributed by atoms with Crippen LogP contribution in [0.15, 0.2) is 54.9 Å². The van der Waals surface area contributed by atoms with Crippen LogP contribution >= 0.6 is 0 Å². The van der Waals surface area contributed by atoms with E-state index >= 15 is 0 Å². The molecule has 1 aliphatic rings. The van der Waals surface area contributed by atoms with Gasteiger partial charge in [0.2, 0.25) is 0 Å². The highest BCUT2D eigenvalue weighted by atomic mass is 15.3. The fourth-order valence-corrected chi connectivity index (χ4v) is 2.61. The van der Waals surface area contributed by atoms with Crippen molar-refractivity contribution in [1.29, 1.82) is 0 Å². The number of nitrogens with zero attached hydrogens (tertiary/aromatic N) is 3. The second kappa shape index (κ2) is 4.10. The summed E-state index contributed by atoms with van der Waals surface area (Å²) in [5.41, 5.74) is 3.57. The Bertz CT molecular complexity index is 709. The molecule has 1 aromatic carbocycles. The van der Waals surface area contributed by atoms with Crippen molar-refractivity contribution in [3.05, 3.63) is 66.1 Å². The number of aromatic nitrogens is 3. The quantitative estimate of drug-likeness (QED) is 0.719. The summed E-state index contributed by atoms with van der Waals surface area (Å²) in [4.78, 5) is 0. The molecular formula is C15H14N4. The van der Waals surface area contributed by atoms with Crippen molar-refractivity contribution in [3.8, 4) is 11.5 Å². The lowest BCUT2D eigenvalue weighted by molar-refractivity contribution is 0.689. The van der Waals surface area contributed by atoms with Crippen LogP contribution in [0.25, 0.3) is 11.5 Å². The molecule has 4 rings (SSSR count). The third-order valence-electron chi connectivity index (χ3n) is 3.50. The predicted molar refractivity (Wildman–Crippen MR) is 73.4 cm³/mol. The number of hydrogen-bond donors (Lipinski definition) is 1. The number of rotatable bonds is 1. The van der Waals surface area contributed by atoms with E-state index in [1.807, 2.05) is 29.1 Å². The van der Waals surface area contributed by atoms with E-state index in [-0.39, 0.29) is 0 Å². The summed E-state index contributed by atoms with van der Waals surface area (Å²) in [6, 6.07) is 14.5. The molecule has 1 aliphatic heterocycles. The third kappa shape index (κ3) is 1.61. The van der Waals surface area contributed by atoms with Gasteiger partial charge >= 0.3 is 0 Å². The molecule has 2 aromatic heterocycles. The topological polar surface area (TPSA) is 34.8 Å². The zero-order valence-corrected chi connectivity index (χ0v) is 10.5. The van der Waals surface area contributed by atoms with Gasteiger partial charge in [0, 0.05) is 30.5 Å². The molecule has 0 radical (unpaired) electrons. The maximum atomic E-state index is 4.54. The first-order valence-corrected chi connectivity index (χ1v) is 6.43. The molecule has 0 aliphatic carbocycles. The van der Waals surface area contributed by atoms with Crippen molar-refractivity contribution in [3.63, 3.8) is 0 Å². The second-order valence-electron chi connectivity index (χ2n) is 4.71. The highest BCUT2D eigenvalue weighted by molar-refractivity contribution is 5.45. The van der Waals surface area contributed by atoms with E-state index in [0.717, 1.165) is 24.6 Å². The van der Waals surface area contributed by atoms with Crippen LogP contribution in [0.3, 0.4) is 0 Å². The van der Waals surface area contributed by atoms with Gasteiger partial charge in [-0.1, -0.05) is 18.2 Å². The Kier molecular flexibility index (Phi) is 2.28. The monoisotopic (exact) mass is 250 g/mol. The van der Waals surface area contributed by atoms with E-state index in [2.05, 4.69) is 45.4 Å². The predicted octanol–water partition coefficient (Wildman–Crippen LogP) is 2.27. The minimum absolute atomic E-state index is 0.851. The lowest BCUT2D eigenvalue weighted by Crippen LogP contribution is -2.10. The lowest BCUT2D eigenvalue weighted by atomic mass is 10.3. The summed E-state index contributed by atoms with van der Waals surface area (Å²) in [6.45, 7) is 1.74. The van der Waals surface area contributed by atoms with Crippen molar-refractivity contribution in [2.75, 3.05) is 0 Å². The summed E-state index contributed by atoms with van der Waals surface area (Å²) in [5, 5.41) is 7.98. The Hall–Kier alpha value is -2.33. The van der Waals surface area contributed by atoms with E-state index in [1.54, 1.807) is 0 Å². The molecular weight excluding hydrogens is 236 g/mol. The zero-order chi connectivity index (χ0) is 12.7. The van der Waals surface area contributed by atoms with Crippen LogP contribution < -0.4 is 5.32 Å². The standard InChI is InChI=1S/C15H14N4/c1-2-5-13(6-3-1)19-15-12(10-17-19)9-16-11-14-7-4-8-18(14)15/h1-8,10,16H,9,11H2. The summed E-state index contributed by atoms with van der Waals surface area (Å²) >= 11 is 0. The molecule has 0 saturated heterocycles. The first-order valence-electron chi connectivity index (χ1n) is 6.43. The van der Waals surface area contributed by atoms with Crippen LogP contribution in [0.4, 0.5) is 0 Å². The number of para-hydroxylation sites is 1. The molecule has 0 saturated carbocycles. The molecule has 0 unspecified atom stereocenters. The highest BCUT2D eigenvalue weighted by Gasteiger charge is 2.18. The van der Waals surface area contributed by atoms with Crippen molar-refractivity contribution < 1.29 is 0 Å². The molecule has 94 valence electrons. The molecule has 19 heavy (non-hydrogen) atoms. The first-order chi connectivity index (χ1) is 9.43. The van der Waals surface area contributed by atoms with Gasteiger partial charge in [-0.25, -0.2) is 4.68 Å². The van der Waals surface area contributed by atoms with Crippen LogP contribution in [-0.2, 0) is 13.1 Å². The Morgan fingerprint density at radius 2 is 1.89 bits per heavy atom. The van der Waals surface area contributed by atoms with Crippen LogP contribution in [0.5, 0.6) is 0 Å². The Morgan fingerprint density at radius 1 is 1.00 bits per heavy atom. The van der Waals surface area contributed by atoms with E-state index in [0.29, 0.717) is 0 Å². The molecule has 4 nitrogen and oxygen atoms in total. The van der Waals surface area contributed by atoms with Gasteiger partial charge in [-0.2, -0.15) is 5.10 Å². The van der Waals surface area contributed by atoms with Crippen molar-refractivity contribution in [2.24, 2.45) is 0 Å². The van der Waals surface area contributed by atoms with Crippen LogP contribution in [0.1, 0.15) is 11.3 Å². The maximum Gasteiger partial charge on any atom is 0.145 e. The largest absolute Gasteiger partial charge is 0.307 e. The molecule has 1 N–H and O–H groups in total. The molecule has 3 aromatic rings. The minimum atomic E-state index is 0.851. The Balaban J connectivity index is 1.97. The molecule has 0 bridgehead atoms. The summed E-state index contributed by atoms with van der Waals surface area (Å²) in [5.74, 6) is 1.14. The van der Waals surface area contributed by atoms with E-state index in [1.165, 1.54) is 11.3 Å². The Morgan fingerprint density at radius 3 is 2.79 bits per heavy atom. The average molecular weight is 250 g/mol. The van der Waals surface area contributed by atoms with Crippen LogP contribution in [-0.4, -0.2) is 14.3 Å². The number of benzene rings is 1. The van der Waals surface area contributed by atoms with Crippen LogP contribution in [0, 0.1) is 0 Å². The number of fused-ring (bicyclic) bond motifs is 3. The van der Waals surface area contributed by atoms with Gasteiger partial charge in [-0.15, -0.1) is 0 Å². The van der Waals surface area contributed by atoms with Gasteiger partial charge in [-0.3, -0.25) is 0 Å². The Labute approximate surface area is 111 Å². The fraction of sp³-hybridized carbons (Fsp3) is 0.133. The van der Waals surface area contributed by atoms with Gasteiger partial charge in [0.05, 0.1) is 11.9 Å². The van der Waals surface area contributed by atoms with Crippen LogP contribution in [0.2, 0.25) is 0 Å². The summed E-state index contributed by atoms with van der Waals surface area (Å²) < 4.78 is 4.22. The number of nitrogens with one attached hydrogen (secondary N) is 1. The molecule has 3 heterocycles. The fourth-order valence-electron chi connectivity index (χ4n) is 2.61. The van der Waals surface area contributed by atoms with Gasteiger partial charge in [0.1, 0.15) is 5.82 Å². The average Bonchev–Trinajstić information content (AvgIpc) is 3.04. The van der Waals surface area contributed by atoms with Gasteiger partial charge in [0.25, 0.3) is 0 Å². The lowest BCUT2D eigenvalue weighted by Gasteiger charge is -2.11. The smallest absolute Gasteiger partial charge is 0.145 e. The van der Waals surface area contributed by atoms with E-state index in [4.69, 9.17) is 0 Å². The van der Waals surface area contributed by atoms with Crippen molar-refractivity contribution >= 4 is 0 Å². The van der Waals surface area contributed by atoms with Gasteiger partial charge in [0.15, 0.2) is 0 Å². The van der Waals surface area contributed by atoms with Crippen molar-refractivity contribution in [2.45, 2.75) is 13.1 Å². The van der Waals surface area contributed by atoms with Gasteiger partial charge < -0.3 is 9.88 Å². The summed E-state index contributed by atoms with van der Waals surface area (Å²) in [7, 11) is 0. The molecule has 0 fully saturated rings. The van der Waals surface area contributed by atoms with Gasteiger partial charge in [-0.05, 0) is 24.3 Å². The minimum Gasteiger partial charge on any atom is -0.307 e. The maximum absolute atomic E-state index is 4.54. The molecule has 0 atom stereocenters. The van der Waals surface area contributed by atoms with E-state index < -0.39 is 0 Å². The first kappa shape index (κ1) is 10.6. The molecule has 0 amide bonds. The van der Waals surface area contributed by atoms with E-state index in [9.17, 15) is 0 Å². The molecule has 0 spiro atoms. The zero-order valence-electron chi connectivity index (χ0n) is 10.5. The second-order valence-corrected chi connectivity index (χ2v) is 4.71. The molecule has 4 heteroatoms. The summed E-state index contributed by atoms with van der Waals surface area (Å²) in [6.07, 6.45) is 4.05. The highest BCUT2D eigenvalue weighted by Crippen LogP contribution is 2.23. The number of hydrogen-bond acceptors (Lipinski definition) is 2. The van der Waals surface area contributed by atoms with Crippen molar-refractivity contribution in [1.82, 2.24) is 19.7 Å². The SMILES string of the molecule is c1ccc(-n2ncc3c2-n2cccc2CNC3)cc1. The third-order valence-corrected chi connectivity index (χ3v) is 3.50.